The largest absolute Gasteiger partial charge is 0.397 e. The second-order valence-electron chi connectivity index (χ2n) is 4.23. The van der Waals surface area contributed by atoms with Crippen LogP contribution in [0.15, 0.2) is 28.7 Å². The first kappa shape index (κ1) is 14.0. The lowest BCUT2D eigenvalue weighted by atomic mass is 10.1. The standard InChI is InChI=1S/C12H15N3O2S2/c1-8-3-4-9(2)12(11(8)13)19(16,17)15-6-10-5-14-7-18-10/h3-5,7,15H,6,13H2,1-2H3. The van der Waals surface area contributed by atoms with Gasteiger partial charge in [0.2, 0.25) is 10.0 Å². The van der Waals surface area contributed by atoms with Crippen molar-refractivity contribution in [2.24, 2.45) is 0 Å². The van der Waals surface area contributed by atoms with E-state index >= 15 is 0 Å². The van der Waals surface area contributed by atoms with Crippen LogP contribution >= 0.6 is 11.3 Å². The molecule has 0 aliphatic carbocycles. The van der Waals surface area contributed by atoms with Crippen molar-refractivity contribution in [3.63, 3.8) is 0 Å². The third kappa shape index (κ3) is 2.94. The van der Waals surface area contributed by atoms with Gasteiger partial charge in [-0.05, 0) is 25.0 Å². The number of nitrogen functional groups attached to an aromatic ring is 1. The summed E-state index contributed by atoms with van der Waals surface area (Å²) in [6.45, 7) is 3.74. The van der Waals surface area contributed by atoms with E-state index in [1.807, 2.05) is 6.07 Å². The summed E-state index contributed by atoms with van der Waals surface area (Å²) in [4.78, 5) is 4.92. The molecule has 102 valence electrons. The second-order valence-corrected chi connectivity index (χ2v) is 6.91. The van der Waals surface area contributed by atoms with Gasteiger partial charge in [0.15, 0.2) is 0 Å². The molecule has 2 rings (SSSR count). The van der Waals surface area contributed by atoms with E-state index in [1.165, 1.54) is 11.3 Å². The topological polar surface area (TPSA) is 85.1 Å². The molecule has 0 amide bonds. The lowest BCUT2D eigenvalue weighted by molar-refractivity contribution is 0.581. The predicted molar refractivity (Wildman–Crippen MR) is 76.5 cm³/mol. The molecule has 0 bridgehead atoms. The van der Waals surface area contributed by atoms with Crippen LogP contribution in [0, 0.1) is 13.8 Å². The van der Waals surface area contributed by atoms with Crippen molar-refractivity contribution in [2.75, 3.05) is 5.73 Å². The molecule has 7 heteroatoms. The molecule has 0 atom stereocenters. The van der Waals surface area contributed by atoms with E-state index in [0.717, 1.165) is 10.4 Å². The van der Waals surface area contributed by atoms with E-state index < -0.39 is 10.0 Å². The quantitative estimate of drug-likeness (QED) is 0.843. The second kappa shape index (κ2) is 5.28. The molecule has 0 unspecified atom stereocenters. The maximum Gasteiger partial charge on any atom is 0.243 e. The Bertz CT molecular complexity index is 679. The van der Waals surface area contributed by atoms with Crippen LogP contribution in [0.2, 0.25) is 0 Å². The highest BCUT2D eigenvalue weighted by molar-refractivity contribution is 7.89. The van der Waals surface area contributed by atoms with Crippen LogP contribution in [0.1, 0.15) is 16.0 Å². The van der Waals surface area contributed by atoms with Crippen LogP contribution in [0.3, 0.4) is 0 Å². The Kier molecular flexibility index (Phi) is 3.88. The number of thiazole rings is 1. The molecule has 0 aliphatic rings. The molecular weight excluding hydrogens is 282 g/mol. The van der Waals surface area contributed by atoms with Crippen molar-refractivity contribution in [2.45, 2.75) is 25.3 Å². The monoisotopic (exact) mass is 297 g/mol. The van der Waals surface area contributed by atoms with Crippen LogP contribution in [-0.4, -0.2) is 13.4 Å². The Balaban J connectivity index is 2.32. The Morgan fingerprint density at radius 1 is 1.32 bits per heavy atom. The first-order valence-electron chi connectivity index (χ1n) is 5.64. The van der Waals surface area contributed by atoms with Gasteiger partial charge in [0.05, 0.1) is 11.2 Å². The third-order valence-electron chi connectivity index (χ3n) is 2.80. The molecule has 0 fully saturated rings. The van der Waals surface area contributed by atoms with Gasteiger partial charge in [-0.1, -0.05) is 12.1 Å². The SMILES string of the molecule is Cc1ccc(C)c(S(=O)(=O)NCc2cncs2)c1N. The van der Waals surface area contributed by atoms with E-state index in [1.54, 1.807) is 31.6 Å². The highest BCUT2D eigenvalue weighted by atomic mass is 32.2. The number of hydrogen-bond donors (Lipinski definition) is 2. The lowest BCUT2D eigenvalue weighted by Crippen LogP contribution is -2.25. The van der Waals surface area contributed by atoms with Crippen molar-refractivity contribution in [3.8, 4) is 0 Å². The van der Waals surface area contributed by atoms with Crippen molar-refractivity contribution in [1.29, 1.82) is 0 Å². The maximum atomic E-state index is 12.3. The minimum atomic E-state index is -3.62. The first-order valence-corrected chi connectivity index (χ1v) is 8.01. The van der Waals surface area contributed by atoms with Crippen molar-refractivity contribution >= 4 is 27.0 Å². The van der Waals surface area contributed by atoms with Crippen molar-refractivity contribution in [1.82, 2.24) is 9.71 Å². The Labute approximate surface area is 116 Å². The van der Waals surface area contributed by atoms with E-state index in [0.29, 0.717) is 11.3 Å². The summed E-state index contributed by atoms with van der Waals surface area (Å²) in [6, 6.07) is 3.57. The normalized spacial score (nSPS) is 11.7. The Morgan fingerprint density at radius 2 is 2.00 bits per heavy atom. The molecule has 0 spiro atoms. The van der Waals surface area contributed by atoms with E-state index in [4.69, 9.17) is 5.73 Å². The number of nitrogens with two attached hydrogens (primary N) is 1. The fourth-order valence-corrected chi connectivity index (χ4v) is 3.79. The van der Waals surface area contributed by atoms with Gasteiger partial charge in [0.25, 0.3) is 0 Å². The molecule has 0 saturated carbocycles. The summed E-state index contributed by atoms with van der Waals surface area (Å²) in [5, 5.41) is 0. The maximum absolute atomic E-state index is 12.3. The Morgan fingerprint density at radius 3 is 2.63 bits per heavy atom. The summed E-state index contributed by atoms with van der Waals surface area (Å²) in [6.07, 6.45) is 1.64. The number of anilines is 1. The molecule has 0 aliphatic heterocycles. The summed E-state index contributed by atoms with van der Waals surface area (Å²) in [7, 11) is -3.62. The molecule has 3 N–H and O–H groups in total. The molecule has 0 saturated heterocycles. The fraction of sp³-hybridized carbons (Fsp3) is 0.250. The predicted octanol–water partition coefficient (Wildman–Crippen LogP) is 1.82. The van der Waals surface area contributed by atoms with Gasteiger partial charge in [0, 0.05) is 17.6 Å². The van der Waals surface area contributed by atoms with E-state index in [9.17, 15) is 8.42 Å². The van der Waals surface area contributed by atoms with Crippen LogP contribution < -0.4 is 10.5 Å². The van der Waals surface area contributed by atoms with Crippen molar-refractivity contribution in [3.05, 3.63) is 39.8 Å². The molecule has 0 radical (unpaired) electrons. The van der Waals surface area contributed by atoms with Crippen LogP contribution in [-0.2, 0) is 16.6 Å². The van der Waals surface area contributed by atoms with Gasteiger partial charge >= 0.3 is 0 Å². The first-order chi connectivity index (χ1) is 8.92. The minimum Gasteiger partial charge on any atom is -0.397 e. The number of sulfonamides is 1. The van der Waals surface area contributed by atoms with Crippen molar-refractivity contribution < 1.29 is 8.42 Å². The average Bonchev–Trinajstić information content (AvgIpc) is 2.85. The molecule has 1 aromatic heterocycles. The number of nitrogens with zero attached hydrogens (tertiary/aromatic N) is 1. The van der Waals surface area contributed by atoms with Crippen LogP contribution in [0.25, 0.3) is 0 Å². The summed E-state index contributed by atoms with van der Waals surface area (Å²) < 4.78 is 27.2. The zero-order chi connectivity index (χ0) is 14.0. The molecule has 1 aromatic carbocycles. The summed E-state index contributed by atoms with van der Waals surface area (Å²) in [5.74, 6) is 0. The zero-order valence-corrected chi connectivity index (χ0v) is 12.3. The summed E-state index contributed by atoms with van der Waals surface area (Å²) >= 11 is 1.40. The van der Waals surface area contributed by atoms with E-state index in [-0.39, 0.29) is 11.4 Å². The van der Waals surface area contributed by atoms with Gasteiger partial charge in [-0.2, -0.15) is 0 Å². The third-order valence-corrected chi connectivity index (χ3v) is 5.18. The van der Waals surface area contributed by atoms with E-state index in [2.05, 4.69) is 9.71 Å². The molecule has 5 nitrogen and oxygen atoms in total. The number of benzene rings is 1. The Hall–Kier alpha value is -1.44. The summed E-state index contributed by atoms with van der Waals surface area (Å²) in [5.41, 5.74) is 9.25. The van der Waals surface area contributed by atoms with Gasteiger partial charge in [0.1, 0.15) is 4.90 Å². The number of hydrogen-bond acceptors (Lipinski definition) is 5. The number of aryl methyl sites for hydroxylation is 2. The lowest BCUT2D eigenvalue weighted by Gasteiger charge is -2.13. The van der Waals surface area contributed by atoms with Gasteiger partial charge in [-0.25, -0.2) is 13.1 Å². The highest BCUT2D eigenvalue weighted by Crippen LogP contribution is 2.25. The highest BCUT2D eigenvalue weighted by Gasteiger charge is 2.21. The van der Waals surface area contributed by atoms with Crippen LogP contribution in [0.4, 0.5) is 5.69 Å². The molecule has 2 aromatic rings. The number of rotatable bonds is 4. The fourth-order valence-electron chi connectivity index (χ4n) is 1.73. The number of aromatic nitrogens is 1. The van der Waals surface area contributed by atoms with Gasteiger partial charge in [-0.15, -0.1) is 11.3 Å². The molecule has 19 heavy (non-hydrogen) atoms. The molecule has 1 heterocycles. The number of nitrogens with one attached hydrogen (secondary N) is 1. The zero-order valence-electron chi connectivity index (χ0n) is 10.7. The van der Waals surface area contributed by atoms with Gasteiger partial charge < -0.3 is 5.73 Å². The minimum absolute atomic E-state index is 0.164. The average molecular weight is 297 g/mol. The van der Waals surface area contributed by atoms with Gasteiger partial charge in [-0.3, -0.25) is 4.98 Å². The smallest absolute Gasteiger partial charge is 0.243 e. The molecular formula is C12H15N3O2S2. The van der Waals surface area contributed by atoms with Crippen LogP contribution in [0.5, 0.6) is 0 Å².